The van der Waals surface area contributed by atoms with Crippen molar-refractivity contribution < 1.29 is 0 Å². The van der Waals surface area contributed by atoms with Gasteiger partial charge in [-0.2, -0.15) is 10.2 Å². The minimum absolute atomic E-state index is 0.565. The van der Waals surface area contributed by atoms with Gasteiger partial charge in [-0.05, 0) is 35.0 Å². The van der Waals surface area contributed by atoms with Crippen molar-refractivity contribution in [3.8, 4) is 0 Å². The molecule has 0 amide bonds. The smallest absolute Gasteiger partial charge is 0.146 e. The van der Waals surface area contributed by atoms with Crippen molar-refractivity contribution in [2.45, 2.75) is 13.5 Å². The van der Waals surface area contributed by atoms with Gasteiger partial charge >= 0.3 is 0 Å². The lowest BCUT2D eigenvalue weighted by Crippen LogP contribution is -2.07. The fourth-order valence-corrected chi connectivity index (χ4v) is 1.87. The first-order valence-corrected chi connectivity index (χ1v) is 6.35. The summed E-state index contributed by atoms with van der Waals surface area (Å²) in [6.45, 7) is 3.38. The third kappa shape index (κ3) is 3.13. The molecule has 0 atom stereocenters. The standard InChI is InChI=1S/C11H13BrN6/c1-2-13-10-9(12)11(16-7-15-10)14-6-8-4-3-5-17-18-8/h3-5,7H,2,6H2,1H3,(H2,13,14,15,16). The topological polar surface area (TPSA) is 75.6 Å². The summed E-state index contributed by atoms with van der Waals surface area (Å²) in [6, 6.07) is 3.75. The first kappa shape index (κ1) is 12.7. The molecule has 0 saturated carbocycles. The molecule has 2 aromatic heterocycles. The van der Waals surface area contributed by atoms with Gasteiger partial charge in [0.05, 0.1) is 12.2 Å². The largest absolute Gasteiger partial charge is 0.369 e. The minimum atomic E-state index is 0.565. The molecule has 0 bridgehead atoms. The van der Waals surface area contributed by atoms with Gasteiger partial charge in [0.1, 0.15) is 22.4 Å². The van der Waals surface area contributed by atoms with Gasteiger partial charge in [-0.25, -0.2) is 9.97 Å². The maximum atomic E-state index is 4.18. The van der Waals surface area contributed by atoms with Crippen LogP contribution in [0.2, 0.25) is 0 Å². The van der Waals surface area contributed by atoms with Crippen LogP contribution in [0.3, 0.4) is 0 Å². The van der Waals surface area contributed by atoms with Gasteiger partial charge in [0.25, 0.3) is 0 Å². The molecule has 0 spiro atoms. The van der Waals surface area contributed by atoms with Crippen LogP contribution in [0.5, 0.6) is 0 Å². The summed E-state index contributed by atoms with van der Waals surface area (Å²) in [4.78, 5) is 8.33. The number of anilines is 2. The van der Waals surface area contributed by atoms with Gasteiger partial charge in [0.2, 0.25) is 0 Å². The molecular weight excluding hydrogens is 296 g/mol. The van der Waals surface area contributed by atoms with Crippen LogP contribution >= 0.6 is 15.9 Å². The normalized spacial score (nSPS) is 10.1. The molecule has 0 unspecified atom stereocenters. The van der Waals surface area contributed by atoms with E-state index in [9.17, 15) is 0 Å². The molecule has 18 heavy (non-hydrogen) atoms. The van der Waals surface area contributed by atoms with E-state index in [1.165, 1.54) is 6.33 Å². The Morgan fingerprint density at radius 3 is 2.67 bits per heavy atom. The van der Waals surface area contributed by atoms with Crippen molar-refractivity contribution in [3.05, 3.63) is 34.8 Å². The third-order valence-electron chi connectivity index (χ3n) is 2.20. The second-order valence-corrected chi connectivity index (χ2v) is 4.28. The zero-order chi connectivity index (χ0) is 12.8. The Hall–Kier alpha value is -1.76. The number of rotatable bonds is 5. The fraction of sp³-hybridized carbons (Fsp3) is 0.273. The van der Waals surface area contributed by atoms with Gasteiger partial charge in [-0.15, -0.1) is 0 Å². The molecule has 7 heteroatoms. The highest BCUT2D eigenvalue weighted by atomic mass is 79.9. The van der Waals surface area contributed by atoms with E-state index in [2.05, 4.69) is 46.7 Å². The van der Waals surface area contributed by atoms with E-state index in [0.29, 0.717) is 6.54 Å². The first-order chi connectivity index (χ1) is 8.81. The molecular formula is C11H13BrN6. The second kappa shape index (κ2) is 6.25. The summed E-state index contributed by atoms with van der Waals surface area (Å²) < 4.78 is 0.816. The van der Waals surface area contributed by atoms with E-state index < -0.39 is 0 Å². The van der Waals surface area contributed by atoms with Crippen molar-refractivity contribution >= 4 is 27.6 Å². The monoisotopic (exact) mass is 308 g/mol. The van der Waals surface area contributed by atoms with E-state index in [4.69, 9.17) is 0 Å². The lowest BCUT2D eigenvalue weighted by molar-refractivity contribution is 0.918. The fourth-order valence-electron chi connectivity index (χ4n) is 1.39. The summed E-state index contributed by atoms with van der Waals surface area (Å²) in [6.07, 6.45) is 3.16. The average Bonchev–Trinajstić information content (AvgIpc) is 2.41. The van der Waals surface area contributed by atoms with Gasteiger partial charge in [0.15, 0.2) is 0 Å². The number of aromatic nitrogens is 4. The number of nitrogens with zero attached hydrogens (tertiary/aromatic N) is 4. The van der Waals surface area contributed by atoms with Crippen LogP contribution in [0.15, 0.2) is 29.1 Å². The molecule has 6 nitrogen and oxygen atoms in total. The maximum Gasteiger partial charge on any atom is 0.146 e. The van der Waals surface area contributed by atoms with Crippen LogP contribution in [0.1, 0.15) is 12.6 Å². The Morgan fingerprint density at radius 2 is 2.00 bits per heavy atom. The van der Waals surface area contributed by atoms with Crippen LogP contribution < -0.4 is 10.6 Å². The number of hydrogen-bond donors (Lipinski definition) is 2. The van der Waals surface area contributed by atoms with E-state index in [1.807, 2.05) is 19.1 Å². The molecule has 0 radical (unpaired) electrons. The van der Waals surface area contributed by atoms with E-state index in [-0.39, 0.29) is 0 Å². The minimum Gasteiger partial charge on any atom is -0.369 e. The maximum absolute atomic E-state index is 4.18. The van der Waals surface area contributed by atoms with E-state index >= 15 is 0 Å². The Bertz CT molecular complexity index is 504. The lowest BCUT2D eigenvalue weighted by Gasteiger charge is -2.10. The Kier molecular flexibility index (Phi) is 4.40. The van der Waals surface area contributed by atoms with Crippen LogP contribution in [0.25, 0.3) is 0 Å². The molecule has 94 valence electrons. The molecule has 2 aromatic rings. The SMILES string of the molecule is CCNc1ncnc(NCc2cccnn2)c1Br. The Balaban J connectivity index is 2.08. The van der Waals surface area contributed by atoms with Gasteiger partial charge < -0.3 is 10.6 Å². The highest BCUT2D eigenvalue weighted by Gasteiger charge is 2.07. The molecule has 2 N–H and O–H groups in total. The highest BCUT2D eigenvalue weighted by molar-refractivity contribution is 9.10. The molecule has 2 rings (SSSR count). The quantitative estimate of drug-likeness (QED) is 0.880. The van der Waals surface area contributed by atoms with Crippen molar-refractivity contribution in [1.82, 2.24) is 20.2 Å². The molecule has 0 aliphatic carbocycles. The van der Waals surface area contributed by atoms with Crippen molar-refractivity contribution in [2.75, 3.05) is 17.2 Å². The summed E-state index contributed by atoms with van der Waals surface area (Å²) in [5, 5.41) is 14.2. The average molecular weight is 309 g/mol. The molecule has 0 aliphatic heterocycles. The van der Waals surface area contributed by atoms with Crippen LogP contribution in [-0.2, 0) is 6.54 Å². The number of hydrogen-bond acceptors (Lipinski definition) is 6. The van der Waals surface area contributed by atoms with E-state index in [1.54, 1.807) is 6.20 Å². The predicted molar refractivity (Wildman–Crippen MR) is 73.3 cm³/mol. The third-order valence-corrected chi connectivity index (χ3v) is 2.95. The van der Waals surface area contributed by atoms with Crippen molar-refractivity contribution in [2.24, 2.45) is 0 Å². The first-order valence-electron chi connectivity index (χ1n) is 5.56. The molecule has 0 fully saturated rings. The van der Waals surface area contributed by atoms with Crippen LogP contribution in [0, 0.1) is 0 Å². The van der Waals surface area contributed by atoms with Crippen molar-refractivity contribution in [3.63, 3.8) is 0 Å². The second-order valence-electron chi connectivity index (χ2n) is 3.48. The van der Waals surface area contributed by atoms with Gasteiger partial charge in [-0.1, -0.05) is 0 Å². The van der Waals surface area contributed by atoms with Gasteiger partial charge in [0, 0.05) is 12.7 Å². The molecule has 0 aliphatic rings. The predicted octanol–water partition coefficient (Wildman–Crippen LogP) is 2.07. The highest BCUT2D eigenvalue weighted by Crippen LogP contribution is 2.26. The van der Waals surface area contributed by atoms with Crippen molar-refractivity contribution in [1.29, 1.82) is 0 Å². The van der Waals surface area contributed by atoms with E-state index in [0.717, 1.165) is 28.3 Å². The number of nitrogens with one attached hydrogen (secondary N) is 2. The summed E-state index contributed by atoms with van der Waals surface area (Å²) in [5.74, 6) is 1.50. The zero-order valence-corrected chi connectivity index (χ0v) is 11.5. The molecule has 0 saturated heterocycles. The lowest BCUT2D eigenvalue weighted by atomic mass is 10.4. The van der Waals surface area contributed by atoms with Gasteiger partial charge in [-0.3, -0.25) is 0 Å². The summed E-state index contributed by atoms with van der Waals surface area (Å²) in [5.41, 5.74) is 0.855. The Morgan fingerprint density at radius 1 is 1.22 bits per heavy atom. The summed E-state index contributed by atoms with van der Waals surface area (Å²) >= 11 is 3.47. The zero-order valence-electron chi connectivity index (χ0n) is 9.89. The molecule has 0 aromatic carbocycles. The van der Waals surface area contributed by atoms with Crippen LogP contribution in [0.4, 0.5) is 11.6 Å². The number of halogens is 1. The van der Waals surface area contributed by atoms with Crippen LogP contribution in [-0.4, -0.2) is 26.7 Å². The Labute approximate surface area is 113 Å². The molecule has 2 heterocycles. The summed E-state index contributed by atoms with van der Waals surface area (Å²) in [7, 11) is 0.